The molecule has 3 aromatic heterocycles. The van der Waals surface area contributed by atoms with Crippen molar-refractivity contribution in [1.29, 1.82) is 0 Å². The molecule has 4 heterocycles. The number of hydrogen-bond acceptors (Lipinski definition) is 8. The zero-order valence-corrected chi connectivity index (χ0v) is 22.6. The van der Waals surface area contributed by atoms with Crippen molar-refractivity contribution < 1.29 is 13.6 Å². The van der Waals surface area contributed by atoms with Crippen molar-refractivity contribution in [2.24, 2.45) is 0 Å². The lowest BCUT2D eigenvalue weighted by molar-refractivity contribution is 0.0735. The summed E-state index contributed by atoms with van der Waals surface area (Å²) in [7, 11) is 0. The Labute approximate surface area is 230 Å². The Morgan fingerprint density at radius 3 is 2.74 bits per heavy atom. The summed E-state index contributed by atoms with van der Waals surface area (Å²) in [6.07, 6.45) is 7.43. The molecule has 0 spiro atoms. The van der Waals surface area contributed by atoms with Crippen molar-refractivity contribution in [3.05, 3.63) is 94.1 Å². The van der Waals surface area contributed by atoms with E-state index in [0.29, 0.717) is 35.0 Å². The Hall–Kier alpha value is -4.24. The Bertz CT molecular complexity index is 1610. The predicted molar refractivity (Wildman–Crippen MR) is 150 cm³/mol. The Kier molecular flexibility index (Phi) is 6.74. The van der Waals surface area contributed by atoms with Crippen LogP contribution < -0.4 is 5.73 Å². The maximum Gasteiger partial charge on any atom is 0.254 e. The fourth-order valence-corrected chi connectivity index (χ4v) is 6.06. The van der Waals surface area contributed by atoms with Crippen molar-refractivity contribution >= 4 is 22.9 Å². The van der Waals surface area contributed by atoms with Crippen molar-refractivity contribution in [3.8, 4) is 22.9 Å². The minimum Gasteiger partial charge on any atom is -0.445 e. The van der Waals surface area contributed by atoms with Gasteiger partial charge in [-0.2, -0.15) is 0 Å². The van der Waals surface area contributed by atoms with E-state index in [1.54, 1.807) is 23.7 Å². The number of aryl methyl sites for hydroxylation is 1. The van der Waals surface area contributed by atoms with Gasteiger partial charge in [-0.1, -0.05) is 25.1 Å². The van der Waals surface area contributed by atoms with Gasteiger partial charge in [0, 0.05) is 45.9 Å². The van der Waals surface area contributed by atoms with Gasteiger partial charge in [0.25, 0.3) is 5.91 Å². The second kappa shape index (κ2) is 10.5. The second-order valence-corrected chi connectivity index (χ2v) is 10.9. The van der Waals surface area contributed by atoms with E-state index in [4.69, 9.17) is 14.6 Å². The van der Waals surface area contributed by atoms with Gasteiger partial charge in [0.05, 0.1) is 18.4 Å². The molecule has 1 fully saturated rings. The first kappa shape index (κ1) is 25.1. The van der Waals surface area contributed by atoms with Gasteiger partial charge >= 0.3 is 0 Å². The summed E-state index contributed by atoms with van der Waals surface area (Å²) < 4.78 is 11.8. The number of amides is 1. The zero-order chi connectivity index (χ0) is 26.9. The van der Waals surface area contributed by atoms with Gasteiger partial charge in [0.1, 0.15) is 17.0 Å². The third-order valence-corrected chi connectivity index (χ3v) is 8.20. The fourth-order valence-electron chi connectivity index (χ4n) is 5.12. The lowest BCUT2D eigenvalue weighted by Crippen LogP contribution is -2.30. The van der Waals surface area contributed by atoms with Crippen molar-refractivity contribution in [2.45, 2.75) is 45.1 Å². The molecule has 1 amide bonds. The zero-order valence-electron chi connectivity index (χ0n) is 21.8. The molecule has 2 atom stereocenters. The third kappa shape index (κ3) is 5.09. The lowest BCUT2D eigenvalue weighted by Gasteiger charge is -2.23. The summed E-state index contributed by atoms with van der Waals surface area (Å²) in [5.41, 5.74) is 10.9. The van der Waals surface area contributed by atoms with Crippen LogP contribution in [0.4, 0.5) is 5.69 Å². The number of carbonyl (C=O) groups is 1. The number of rotatable bonds is 7. The summed E-state index contributed by atoms with van der Waals surface area (Å²) in [6, 6.07) is 13.4. The second-order valence-electron chi connectivity index (χ2n) is 9.99. The molecule has 1 aliphatic rings. The number of aromatic nitrogens is 3. The number of carbonyl (C=O) groups excluding carboxylic acids is 1. The molecular weight excluding hydrogens is 510 g/mol. The Morgan fingerprint density at radius 2 is 2.00 bits per heavy atom. The first-order valence-corrected chi connectivity index (χ1v) is 13.9. The molecule has 0 bridgehead atoms. The number of para-hydroxylation sites is 1. The molecule has 0 saturated carbocycles. The van der Waals surface area contributed by atoms with Crippen LogP contribution in [-0.4, -0.2) is 32.3 Å². The van der Waals surface area contributed by atoms with E-state index < -0.39 is 0 Å². The van der Waals surface area contributed by atoms with E-state index in [1.165, 1.54) is 6.26 Å². The van der Waals surface area contributed by atoms with Gasteiger partial charge in [-0.3, -0.25) is 4.79 Å². The minimum absolute atomic E-state index is 0.0235. The number of nitrogens with two attached hydrogens (primary N) is 1. The standard InChI is InChI=1S/C30H29N5O3S/c1-18(12-20-6-3-4-7-24(20)31)26-16-33-28(38-26)22-13-21(27-32-9-11-37-27)14-23(15-22)30(36)35-10-5-8-25(35)29-34-19(2)17-39-29/h3-4,6-7,9,11,13-18,25H,5,8,10,12,31H2,1-2H3/t18-,25-/m1/s1. The largest absolute Gasteiger partial charge is 0.445 e. The van der Waals surface area contributed by atoms with E-state index in [0.717, 1.165) is 47.0 Å². The number of oxazole rings is 2. The number of hydrogen-bond donors (Lipinski definition) is 1. The number of nitrogens with zero attached hydrogens (tertiary/aromatic N) is 4. The van der Waals surface area contributed by atoms with Crippen LogP contribution in [0.2, 0.25) is 0 Å². The topological polar surface area (TPSA) is 111 Å². The first-order chi connectivity index (χ1) is 19.0. The number of benzene rings is 2. The first-order valence-electron chi connectivity index (χ1n) is 13.0. The van der Waals surface area contributed by atoms with Crippen LogP contribution in [0.15, 0.2) is 75.3 Å². The average molecular weight is 540 g/mol. The number of likely N-dealkylation sites (tertiary alicyclic amines) is 1. The molecule has 6 rings (SSSR count). The van der Waals surface area contributed by atoms with Gasteiger partial charge in [0.15, 0.2) is 0 Å². The van der Waals surface area contributed by atoms with Crippen LogP contribution in [0.1, 0.15) is 64.1 Å². The van der Waals surface area contributed by atoms with E-state index >= 15 is 0 Å². The molecule has 8 nitrogen and oxygen atoms in total. The molecule has 39 heavy (non-hydrogen) atoms. The molecule has 2 N–H and O–H groups in total. The molecule has 0 aliphatic carbocycles. The van der Waals surface area contributed by atoms with Crippen LogP contribution >= 0.6 is 11.3 Å². The van der Waals surface area contributed by atoms with E-state index in [2.05, 4.69) is 21.9 Å². The summed E-state index contributed by atoms with van der Waals surface area (Å²) in [5.74, 6) is 1.63. The molecule has 2 aromatic carbocycles. The van der Waals surface area contributed by atoms with Gasteiger partial charge in [0.2, 0.25) is 11.8 Å². The maximum absolute atomic E-state index is 13.9. The molecule has 0 radical (unpaired) electrons. The Balaban J connectivity index is 1.32. The fraction of sp³-hybridized carbons (Fsp3) is 0.267. The maximum atomic E-state index is 13.9. The van der Waals surface area contributed by atoms with E-state index in [9.17, 15) is 4.79 Å². The van der Waals surface area contributed by atoms with E-state index in [-0.39, 0.29) is 17.9 Å². The molecule has 0 unspecified atom stereocenters. The van der Waals surface area contributed by atoms with Crippen LogP contribution in [0, 0.1) is 6.92 Å². The number of anilines is 1. The quantitative estimate of drug-likeness (QED) is 0.230. The summed E-state index contributed by atoms with van der Waals surface area (Å²) in [5, 5.41) is 3.01. The summed E-state index contributed by atoms with van der Waals surface area (Å²) in [4.78, 5) is 29.4. The molecule has 1 saturated heterocycles. The third-order valence-electron chi connectivity index (χ3n) is 7.13. The monoisotopic (exact) mass is 539 g/mol. The highest BCUT2D eigenvalue weighted by Gasteiger charge is 2.33. The SMILES string of the molecule is Cc1csc([C@H]2CCCN2C(=O)c2cc(-c3ncco3)cc(-c3ncc([C@H](C)Cc4ccccc4N)o3)c2)n1. The van der Waals surface area contributed by atoms with Crippen molar-refractivity contribution in [3.63, 3.8) is 0 Å². The average Bonchev–Trinajstić information content (AvgIpc) is 3.76. The molecule has 9 heteroatoms. The smallest absolute Gasteiger partial charge is 0.254 e. The van der Waals surface area contributed by atoms with Gasteiger partial charge < -0.3 is 19.5 Å². The molecular formula is C30H29N5O3S. The van der Waals surface area contributed by atoms with Crippen LogP contribution in [0.5, 0.6) is 0 Å². The van der Waals surface area contributed by atoms with Crippen LogP contribution in [-0.2, 0) is 6.42 Å². The number of nitrogen functional groups attached to an aromatic ring is 1. The van der Waals surface area contributed by atoms with E-state index in [1.807, 2.05) is 59.7 Å². The summed E-state index contributed by atoms with van der Waals surface area (Å²) >= 11 is 1.61. The number of thiazole rings is 1. The Morgan fingerprint density at radius 1 is 1.18 bits per heavy atom. The highest BCUT2D eigenvalue weighted by molar-refractivity contribution is 7.09. The van der Waals surface area contributed by atoms with Crippen LogP contribution in [0.3, 0.4) is 0 Å². The molecule has 1 aliphatic heterocycles. The summed E-state index contributed by atoms with van der Waals surface area (Å²) in [6.45, 7) is 4.75. The van der Waals surface area contributed by atoms with Crippen LogP contribution in [0.25, 0.3) is 22.9 Å². The van der Waals surface area contributed by atoms with Crippen molar-refractivity contribution in [1.82, 2.24) is 19.9 Å². The molecule has 5 aromatic rings. The normalized spacial score (nSPS) is 16.1. The van der Waals surface area contributed by atoms with Gasteiger partial charge in [-0.15, -0.1) is 11.3 Å². The highest BCUT2D eigenvalue weighted by atomic mass is 32.1. The van der Waals surface area contributed by atoms with Crippen molar-refractivity contribution in [2.75, 3.05) is 12.3 Å². The molecule has 198 valence electrons. The van der Waals surface area contributed by atoms with Gasteiger partial charge in [-0.25, -0.2) is 15.0 Å². The highest BCUT2D eigenvalue weighted by Crippen LogP contribution is 2.36. The predicted octanol–water partition coefficient (Wildman–Crippen LogP) is 6.67. The lowest BCUT2D eigenvalue weighted by atomic mass is 9.98. The minimum atomic E-state index is -0.0558. The van der Waals surface area contributed by atoms with Gasteiger partial charge in [-0.05, 0) is 56.0 Å².